The van der Waals surface area contributed by atoms with Crippen LogP contribution in [-0.2, 0) is 0 Å². The number of nitrogens with zero attached hydrogens (tertiary/aromatic N) is 1. The van der Waals surface area contributed by atoms with Gasteiger partial charge in [0.2, 0.25) is 0 Å². The van der Waals surface area contributed by atoms with Crippen molar-refractivity contribution in [2.45, 2.75) is 44.9 Å². The van der Waals surface area contributed by atoms with Crippen LogP contribution in [0, 0.1) is 23.2 Å². The highest BCUT2D eigenvalue weighted by Gasteiger charge is 2.51. The molecule has 1 aromatic heterocycles. The van der Waals surface area contributed by atoms with E-state index in [1.807, 2.05) is 6.07 Å². The quantitative estimate of drug-likeness (QED) is 0.788. The van der Waals surface area contributed by atoms with Crippen LogP contribution in [-0.4, -0.2) is 17.9 Å². The average Bonchev–Trinajstić information content (AvgIpc) is 2.45. The van der Waals surface area contributed by atoms with E-state index in [0.717, 1.165) is 17.8 Å². The number of carbonyl (C=O) groups excluding carboxylic acids is 1. The van der Waals surface area contributed by atoms with Crippen molar-refractivity contribution in [3.8, 4) is 5.75 Å². The van der Waals surface area contributed by atoms with Gasteiger partial charge in [0.15, 0.2) is 5.78 Å². The molecule has 0 atom stereocenters. The van der Waals surface area contributed by atoms with Crippen LogP contribution in [0.25, 0.3) is 0 Å². The fourth-order valence-electron chi connectivity index (χ4n) is 5.63. The molecule has 4 saturated carbocycles. The largest absolute Gasteiger partial charge is 0.495 e. The molecule has 112 valence electrons. The van der Waals surface area contributed by atoms with E-state index in [0.29, 0.717) is 23.1 Å². The number of aromatic nitrogens is 1. The Morgan fingerprint density at radius 1 is 1.19 bits per heavy atom. The van der Waals surface area contributed by atoms with Crippen LogP contribution in [0.3, 0.4) is 0 Å². The van der Waals surface area contributed by atoms with Crippen molar-refractivity contribution in [2.24, 2.45) is 23.2 Å². The minimum atomic E-state index is 0.253. The van der Waals surface area contributed by atoms with Gasteiger partial charge in [0.25, 0.3) is 0 Å². The van der Waals surface area contributed by atoms with E-state index in [1.165, 1.54) is 38.5 Å². The molecule has 0 radical (unpaired) electrons. The van der Waals surface area contributed by atoms with Crippen LogP contribution in [0.2, 0.25) is 0 Å². The first-order valence-electron chi connectivity index (χ1n) is 8.18. The molecule has 1 aromatic rings. The summed E-state index contributed by atoms with van der Waals surface area (Å²) in [4.78, 5) is 16.8. The lowest BCUT2D eigenvalue weighted by Crippen LogP contribution is -2.46. The lowest BCUT2D eigenvalue weighted by atomic mass is 9.48. The van der Waals surface area contributed by atoms with Gasteiger partial charge in [0.05, 0.1) is 13.3 Å². The summed E-state index contributed by atoms with van der Waals surface area (Å²) in [5, 5.41) is 0. The number of Topliss-reactive ketones (excluding diaryl/α,β-unsaturated/α-hetero) is 1. The maximum absolute atomic E-state index is 12.7. The van der Waals surface area contributed by atoms with Crippen molar-refractivity contribution in [1.29, 1.82) is 0 Å². The molecule has 5 rings (SSSR count). The molecule has 3 nitrogen and oxygen atoms in total. The number of hydrogen-bond acceptors (Lipinski definition) is 3. The second kappa shape index (κ2) is 4.82. The molecule has 3 heteroatoms. The fraction of sp³-hybridized carbons (Fsp3) is 0.667. The lowest BCUT2D eigenvalue weighted by Gasteiger charge is -2.56. The number of hydrogen-bond donors (Lipinski definition) is 0. The Labute approximate surface area is 126 Å². The number of ketones is 1. The van der Waals surface area contributed by atoms with Gasteiger partial charge in [0, 0.05) is 18.2 Å². The fourth-order valence-corrected chi connectivity index (χ4v) is 5.63. The molecule has 4 aliphatic rings. The Morgan fingerprint density at radius 2 is 1.81 bits per heavy atom. The first-order chi connectivity index (χ1) is 10.2. The predicted octanol–water partition coefficient (Wildman–Crippen LogP) is 3.88. The highest BCUT2D eigenvalue weighted by molar-refractivity contribution is 5.96. The van der Waals surface area contributed by atoms with Gasteiger partial charge in [-0.3, -0.25) is 9.78 Å². The number of pyridine rings is 1. The van der Waals surface area contributed by atoms with Crippen LogP contribution in [0.15, 0.2) is 18.5 Å². The molecular weight excluding hydrogens is 262 g/mol. The summed E-state index contributed by atoms with van der Waals surface area (Å²) in [5.74, 6) is 3.61. The van der Waals surface area contributed by atoms with Crippen LogP contribution in [0.5, 0.6) is 5.75 Å². The number of ether oxygens (including phenoxy) is 1. The zero-order chi connectivity index (χ0) is 14.4. The zero-order valence-corrected chi connectivity index (χ0v) is 12.7. The molecule has 0 saturated heterocycles. The monoisotopic (exact) mass is 285 g/mol. The second-order valence-corrected chi connectivity index (χ2v) is 7.63. The summed E-state index contributed by atoms with van der Waals surface area (Å²) in [5.41, 5.74) is 1.01. The molecule has 21 heavy (non-hydrogen) atoms. The molecule has 0 aliphatic heterocycles. The van der Waals surface area contributed by atoms with Crippen molar-refractivity contribution in [2.75, 3.05) is 7.11 Å². The maximum Gasteiger partial charge on any atom is 0.165 e. The number of rotatable bonds is 4. The number of methoxy groups -OCH3 is 1. The van der Waals surface area contributed by atoms with E-state index in [-0.39, 0.29) is 5.78 Å². The first-order valence-corrected chi connectivity index (χ1v) is 8.18. The van der Waals surface area contributed by atoms with Crippen molar-refractivity contribution in [3.63, 3.8) is 0 Å². The molecular formula is C18H23NO2. The third-order valence-electron chi connectivity index (χ3n) is 5.97. The summed E-state index contributed by atoms with van der Waals surface area (Å²) < 4.78 is 5.18. The third-order valence-corrected chi connectivity index (χ3v) is 5.97. The molecule has 0 amide bonds. The van der Waals surface area contributed by atoms with E-state index >= 15 is 0 Å². The van der Waals surface area contributed by atoms with Crippen LogP contribution >= 0.6 is 0 Å². The average molecular weight is 285 g/mol. The Hall–Kier alpha value is -1.38. The van der Waals surface area contributed by atoms with Crippen molar-refractivity contribution in [3.05, 3.63) is 24.0 Å². The molecule has 4 fully saturated rings. The zero-order valence-electron chi connectivity index (χ0n) is 12.7. The topological polar surface area (TPSA) is 39.2 Å². The van der Waals surface area contributed by atoms with E-state index in [1.54, 1.807) is 19.5 Å². The Morgan fingerprint density at radius 3 is 2.38 bits per heavy atom. The third kappa shape index (κ3) is 2.37. The molecule has 0 N–H and O–H groups in total. The highest BCUT2D eigenvalue weighted by atomic mass is 16.5. The molecule has 0 aromatic carbocycles. The highest BCUT2D eigenvalue weighted by Crippen LogP contribution is 2.61. The van der Waals surface area contributed by atoms with E-state index in [2.05, 4.69) is 4.98 Å². The maximum atomic E-state index is 12.7. The summed E-state index contributed by atoms with van der Waals surface area (Å²) in [6.45, 7) is 0. The molecule has 0 unspecified atom stereocenters. The molecule has 0 spiro atoms. The van der Waals surface area contributed by atoms with Crippen LogP contribution < -0.4 is 4.74 Å². The standard InChI is InChI=1S/C18H23NO2/c1-21-16-5-15(10-19-11-16)17(20)9-18-6-12-2-13(7-18)4-14(3-12)8-18/h5,10-14H,2-4,6-9H2,1H3. The van der Waals surface area contributed by atoms with Gasteiger partial charge in [-0.1, -0.05) is 0 Å². The van der Waals surface area contributed by atoms with Gasteiger partial charge in [-0.15, -0.1) is 0 Å². The number of carbonyl (C=O) groups is 1. The Bertz CT molecular complexity index is 531. The molecule has 4 bridgehead atoms. The van der Waals surface area contributed by atoms with Gasteiger partial charge in [0.1, 0.15) is 5.75 Å². The van der Waals surface area contributed by atoms with Crippen molar-refractivity contribution < 1.29 is 9.53 Å². The van der Waals surface area contributed by atoms with Gasteiger partial charge in [-0.25, -0.2) is 0 Å². The van der Waals surface area contributed by atoms with Gasteiger partial charge >= 0.3 is 0 Å². The van der Waals surface area contributed by atoms with E-state index < -0.39 is 0 Å². The summed E-state index contributed by atoms with van der Waals surface area (Å²) in [6.07, 6.45) is 12.2. The van der Waals surface area contributed by atoms with Gasteiger partial charge in [-0.05, 0) is 67.8 Å². The first kappa shape index (κ1) is 13.3. The van der Waals surface area contributed by atoms with E-state index in [4.69, 9.17) is 4.74 Å². The normalized spacial score (nSPS) is 36.7. The summed E-state index contributed by atoms with van der Waals surface area (Å²) in [6, 6.07) is 1.83. The van der Waals surface area contributed by atoms with Gasteiger partial charge in [-0.2, -0.15) is 0 Å². The lowest BCUT2D eigenvalue weighted by molar-refractivity contribution is -0.0524. The Kier molecular flexibility index (Phi) is 3.05. The predicted molar refractivity (Wildman–Crippen MR) is 80.3 cm³/mol. The molecule has 4 aliphatic carbocycles. The Balaban J connectivity index is 1.54. The SMILES string of the molecule is COc1cncc(C(=O)CC23CC4CC(CC(C4)C2)C3)c1. The van der Waals surface area contributed by atoms with Crippen molar-refractivity contribution in [1.82, 2.24) is 4.98 Å². The van der Waals surface area contributed by atoms with Crippen LogP contribution in [0.4, 0.5) is 0 Å². The van der Waals surface area contributed by atoms with E-state index in [9.17, 15) is 4.79 Å². The minimum absolute atomic E-state index is 0.253. The van der Waals surface area contributed by atoms with Crippen molar-refractivity contribution >= 4 is 5.78 Å². The van der Waals surface area contributed by atoms with Gasteiger partial charge < -0.3 is 4.74 Å². The summed E-state index contributed by atoms with van der Waals surface area (Å²) >= 11 is 0. The molecule has 1 heterocycles. The smallest absolute Gasteiger partial charge is 0.165 e. The minimum Gasteiger partial charge on any atom is -0.495 e. The second-order valence-electron chi connectivity index (χ2n) is 7.63. The van der Waals surface area contributed by atoms with Crippen LogP contribution in [0.1, 0.15) is 55.3 Å². The summed E-state index contributed by atoms with van der Waals surface area (Å²) in [7, 11) is 1.62.